The molecule has 1 aromatic rings. The number of imidazole rings is 1. The Hall–Kier alpha value is -1.85. The van der Waals surface area contributed by atoms with E-state index in [4.69, 9.17) is 5.11 Å². The molecule has 0 saturated heterocycles. The quantitative estimate of drug-likeness (QED) is 0.694. The van der Waals surface area contributed by atoms with E-state index in [0.717, 1.165) is 0 Å². The molecule has 14 heavy (non-hydrogen) atoms. The highest BCUT2D eigenvalue weighted by molar-refractivity contribution is 5.87. The summed E-state index contributed by atoms with van der Waals surface area (Å²) in [6, 6.07) is 0. The predicted molar refractivity (Wildman–Crippen MR) is 45.9 cm³/mol. The van der Waals surface area contributed by atoms with Crippen LogP contribution < -0.4 is 0 Å². The number of carbonyl (C=O) groups excluding carboxylic acids is 1. The summed E-state index contributed by atoms with van der Waals surface area (Å²) in [5, 5.41) is 8.81. The van der Waals surface area contributed by atoms with Crippen LogP contribution in [-0.2, 0) is 16.1 Å². The lowest BCUT2D eigenvalue weighted by Gasteiger charge is -2.03. The zero-order chi connectivity index (χ0) is 10.7. The minimum absolute atomic E-state index is 0.00963. The van der Waals surface area contributed by atoms with Gasteiger partial charge in [-0.1, -0.05) is 0 Å². The van der Waals surface area contributed by atoms with Crippen molar-refractivity contribution in [3.8, 4) is 0 Å². The van der Waals surface area contributed by atoms with E-state index in [-0.39, 0.29) is 12.2 Å². The molecular weight excluding hydrogens is 188 g/mol. The number of aromatic nitrogens is 2. The SMILES string of the molecule is COC(=O)Cn1cnc(C)c1C(=O)O. The Morgan fingerprint density at radius 3 is 2.79 bits per heavy atom. The second-order valence-corrected chi connectivity index (χ2v) is 2.69. The van der Waals surface area contributed by atoms with Crippen LogP contribution in [0.5, 0.6) is 0 Å². The Labute approximate surface area is 80.1 Å². The van der Waals surface area contributed by atoms with Gasteiger partial charge in [-0.3, -0.25) is 4.79 Å². The number of carboxylic acid groups (broad SMARTS) is 1. The fraction of sp³-hybridized carbons (Fsp3) is 0.375. The van der Waals surface area contributed by atoms with Gasteiger partial charge < -0.3 is 14.4 Å². The normalized spacial score (nSPS) is 9.86. The van der Waals surface area contributed by atoms with E-state index < -0.39 is 11.9 Å². The van der Waals surface area contributed by atoms with Gasteiger partial charge in [0.05, 0.1) is 19.1 Å². The molecule has 0 saturated carbocycles. The largest absolute Gasteiger partial charge is 0.477 e. The second-order valence-electron chi connectivity index (χ2n) is 2.69. The molecule has 0 amide bonds. The van der Waals surface area contributed by atoms with Crippen molar-refractivity contribution in [3.63, 3.8) is 0 Å². The van der Waals surface area contributed by atoms with Gasteiger partial charge in [-0.25, -0.2) is 9.78 Å². The lowest BCUT2D eigenvalue weighted by Crippen LogP contribution is -2.16. The van der Waals surface area contributed by atoms with Crippen molar-refractivity contribution in [2.24, 2.45) is 0 Å². The van der Waals surface area contributed by atoms with Crippen molar-refractivity contribution in [2.75, 3.05) is 7.11 Å². The van der Waals surface area contributed by atoms with E-state index in [0.29, 0.717) is 5.69 Å². The first kappa shape index (κ1) is 10.2. The molecule has 0 aliphatic carbocycles. The van der Waals surface area contributed by atoms with Gasteiger partial charge in [-0.15, -0.1) is 0 Å². The van der Waals surface area contributed by atoms with Gasteiger partial charge >= 0.3 is 11.9 Å². The van der Waals surface area contributed by atoms with Gasteiger partial charge in [0.1, 0.15) is 6.54 Å². The summed E-state index contributed by atoms with van der Waals surface area (Å²) in [7, 11) is 1.24. The number of methoxy groups -OCH3 is 1. The molecule has 76 valence electrons. The number of ether oxygens (including phenoxy) is 1. The molecule has 0 radical (unpaired) electrons. The molecule has 0 bridgehead atoms. The zero-order valence-electron chi connectivity index (χ0n) is 7.85. The van der Waals surface area contributed by atoms with Gasteiger partial charge in [-0.05, 0) is 6.92 Å². The van der Waals surface area contributed by atoms with Crippen LogP contribution in [0.1, 0.15) is 16.2 Å². The molecule has 0 spiro atoms. The number of aromatic carboxylic acids is 1. The third-order valence-corrected chi connectivity index (χ3v) is 1.75. The highest BCUT2D eigenvalue weighted by Gasteiger charge is 2.16. The molecule has 0 aromatic carbocycles. The first-order valence-electron chi connectivity index (χ1n) is 3.88. The van der Waals surface area contributed by atoms with Gasteiger partial charge in [0.25, 0.3) is 0 Å². The number of carbonyl (C=O) groups is 2. The average molecular weight is 198 g/mol. The van der Waals surface area contributed by atoms with Gasteiger partial charge in [0.15, 0.2) is 5.69 Å². The van der Waals surface area contributed by atoms with E-state index in [1.54, 1.807) is 6.92 Å². The summed E-state index contributed by atoms with van der Waals surface area (Å²) < 4.78 is 5.66. The van der Waals surface area contributed by atoms with Crippen molar-refractivity contribution in [2.45, 2.75) is 13.5 Å². The highest BCUT2D eigenvalue weighted by atomic mass is 16.5. The first-order valence-corrected chi connectivity index (χ1v) is 3.88. The van der Waals surface area contributed by atoms with E-state index in [2.05, 4.69) is 9.72 Å². The van der Waals surface area contributed by atoms with Crippen LogP contribution in [0.3, 0.4) is 0 Å². The van der Waals surface area contributed by atoms with Gasteiger partial charge in [-0.2, -0.15) is 0 Å². The fourth-order valence-corrected chi connectivity index (χ4v) is 1.08. The van der Waals surface area contributed by atoms with Crippen molar-refractivity contribution in [3.05, 3.63) is 17.7 Å². The molecule has 1 aromatic heterocycles. The molecule has 0 fully saturated rings. The summed E-state index contributed by atoms with van der Waals surface area (Å²) >= 11 is 0. The van der Waals surface area contributed by atoms with Crippen LogP contribution in [-0.4, -0.2) is 33.7 Å². The Bertz CT molecular complexity index is 369. The van der Waals surface area contributed by atoms with Crippen molar-refractivity contribution in [1.29, 1.82) is 0 Å². The van der Waals surface area contributed by atoms with Crippen LogP contribution >= 0.6 is 0 Å². The van der Waals surface area contributed by atoms with Gasteiger partial charge in [0, 0.05) is 0 Å². The van der Waals surface area contributed by atoms with Crippen molar-refractivity contribution in [1.82, 2.24) is 9.55 Å². The maximum absolute atomic E-state index is 10.9. The molecule has 1 heterocycles. The number of hydrogen-bond acceptors (Lipinski definition) is 4. The molecule has 6 heteroatoms. The number of rotatable bonds is 3. The minimum atomic E-state index is -1.11. The van der Waals surface area contributed by atoms with Gasteiger partial charge in [0.2, 0.25) is 0 Å². The summed E-state index contributed by atoms with van der Waals surface area (Å²) in [6.45, 7) is 1.43. The molecule has 0 aliphatic rings. The number of hydrogen-bond donors (Lipinski definition) is 1. The van der Waals surface area contributed by atoms with Crippen LogP contribution in [0.2, 0.25) is 0 Å². The molecule has 0 atom stereocenters. The summed E-state index contributed by atoms with van der Waals surface area (Å²) in [5.74, 6) is -1.62. The molecule has 0 unspecified atom stereocenters. The smallest absolute Gasteiger partial charge is 0.354 e. The minimum Gasteiger partial charge on any atom is -0.477 e. The van der Waals surface area contributed by atoms with E-state index >= 15 is 0 Å². The molecule has 0 aliphatic heterocycles. The number of esters is 1. The Kier molecular flexibility index (Phi) is 2.85. The first-order chi connectivity index (χ1) is 6.56. The van der Waals surface area contributed by atoms with Crippen LogP contribution in [0, 0.1) is 6.92 Å². The Morgan fingerprint density at radius 1 is 1.64 bits per heavy atom. The van der Waals surface area contributed by atoms with E-state index in [1.165, 1.54) is 18.0 Å². The van der Waals surface area contributed by atoms with Crippen molar-refractivity contribution >= 4 is 11.9 Å². The third-order valence-electron chi connectivity index (χ3n) is 1.75. The number of aryl methyl sites for hydroxylation is 1. The van der Waals surface area contributed by atoms with Crippen LogP contribution in [0.4, 0.5) is 0 Å². The average Bonchev–Trinajstić information content (AvgIpc) is 2.46. The molecule has 6 nitrogen and oxygen atoms in total. The molecule has 1 rings (SSSR count). The monoisotopic (exact) mass is 198 g/mol. The van der Waals surface area contributed by atoms with E-state index in [1.807, 2.05) is 0 Å². The fourth-order valence-electron chi connectivity index (χ4n) is 1.08. The second kappa shape index (κ2) is 3.91. The predicted octanol–water partition coefficient (Wildman–Crippen LogP) is 0.0627. The highest BCUT2D eigenvalue weighted by Crippen LogP contribution is 2.06. The number of carboxylic acids is 1. The maximum Gasteiger partial charge on any atom is 0.354 e. The summed E-state index contributed by atoms with van der Waals surface area (Å²) in [5.41, 5.74) is 0.386. The standard InChI is InChI=1S/C8H10N2O4/c1-5-7(8(12)13)10(4-9-5)3-6(11)14-2/h4H,3H2,1-2H3,(H,12,13). The zero-order valence-corrected chi connectivity index (χ0v) is 7.85. The lowest BCUT2D eigenvalue weighted by atomic mass is 10.3. The Morgan fingerprint density at radius 2 is 2.29 bits per heavy atom. The summed E-state index contributed by atoms with van der Waals surface area (Å²) in [6.07, 6.45) is 1.30. The number of nitrogens with zero attached hydrogens (tertiary/aromatic N) is 2. The molecular formula is C8H10N2O4. The maximum atomic E-state index is 10.9. The van der Waals surface area contributed by atoms with E-state index in [9.17, 15) is 9.59 Å². The summed E-state index contributed by atoms with van der Waals surface area (Å²) in [4.78, 5) is 25.5. The topological polar surface area (TPSA) is 81.4 Å². The van der Waals surface area contributed by atoms with Crippen LogP contribution in [0.15, 0.2) is 6.33 Å². The third kappa shape index (κ3) is 1.90. The Balaban J connectivity index is 2.98. The van der Waals surface area contributed by atoms with Crippen molar-refractivity contribution < 1.29 is 19.4 Å². The molecule has 1 N–H and O–H groups in total. The van der Waals surface area contributed by atoms with Crippen LogP contribution in [0.25, 0.3) is 0 Å². The lowest BCUT2D eigenvalue weighted by molar-refractivity contribution is -0.141.